The molecular formula is C12H20O2Si. The molecule has 2 aliphatic rings. The number of allylic oxidation sites excluding steroid dienone is 4. The van der Waals surface area contributed by atoms with E-state index in [1.807, 2.05) is 0 Å². The highest BCUT2D eigenvalue weighted by Crippen LogP contribution is 2.24. The van der Waals surface area contributed by atoms with Crippen LogP contribution in [0.25, 0.3) is 0 Å². The van der Waals surface area contributed by atoms with Gasteiger partial charge < -0.3 is 8.85 Å². The monoisotopic (exact) mass is 224 g/mol. The lowest BCUT2D eigenvalue weighted by molar-refractivity contribution is 0.284. The van der Waals surface area contributed by atoms with Crippen LogP contribution in [0, 0.1) is 0 Å². The first-order chi connectivity index (χ1) is 7.38. The van der Waals surface area contributed by atoms with Gasteiger partial charge in [0.05, 0.1) is 11.5 Å². The third-order valence-electron chi connectivity index (χ3n) is 2.90. The van der Waals surface area contributed by atoms with E-state index in [9.17, 15) is 0 Å². The fraction of sp³-hybridized carbons (Fsp3) is 0.667. The molecule has 0 unspecified atom stereocenters. The summed E-state index contributed by atoms with van der Waals surface area (Å²) in [5, 5.41) is 0. The standard InChI is InChI=1S/C12H20O2Si/c1-2-15(13-11-7-3-4-8-11)14-12-9-5-6-10-12/h7,9,15H,2-6,8,10H2,1H3. The molecule has 0 N–H and O–H groups in total. The van der Waals surface area contributed by atoms with Gasteiger partial charge in [0, 0.05) is 18.9 Å². The molecule has 0 saturated heterocycles. The minimum atomic E-state index is -1.46. The lowest BCUT2D eigenvalue weighted by atomic mass is 10.4. The molecular weight excluding hydrogens is 204 g/mol. The van der Waals surface area contributed by atoms with Crippen molar-refractivity contribution in [2.75, 3.05) is 0 Å². The minimum Gasteiger partial charge on any atom is -0.518 e. The predicted octanol–water partition coefficient (Wildman–Crippen LogP) is 3.40. The van der Waals surface area contributed by atoms with Gasteiger partial charge in [-0.25, -0.2) is 0 Å². The maximum absolute atomic E-state index is 5.96. The lowest BCUT2D eigenvalue weighted by Gasteiger charge is -2.18. The fourth-order valence-electron chi connectivity index (χ4n) is 2.03. The molecule has 0 aromatic rings. The van der Waals surface area contributed by atoms with Crippen molar-refractivity contribution in [2.24, 2.45) is 0 Å². The van der Waals surface area contributed by atoms with Gasteiger partial charge in [-0.1, -0.05) is 6.92 Å². The first-order valence-corrected chi connectivity index (χ1v) is 7.86. The first kappa shape index (κ1) is 10.8. The summed E-state index contributed by atoms with van der Waals surface area (Å²) in [5.74, 6) is 2.37. The van der Waals surface area contributed by atoms with E-state index in [0.29, 0.717) is 0 Å². The second-order valence-corrected chi connectivity index (χ2v) is 6.35. The van der Waals surface area contributed by atoms with E-state index in [2.05, 4.69) is 19.1 Å². The quantitative estimate of drug-likeness (QED) is 0.666. The topological polar surface area (TPSA) is 18.5 Å². The van der Waals surface area contributed by atoms with Crippen LogP contribution in [0.2, 0.25) is 6.04 Å². The van der Waals surface area contributed by atoms with Crippen LogP contribution < -0.4 is 0 Å². The third kappa shape index (κ3) is 3.13. The van der Waals surface area contributed by atoms with E-state index in [4.69, 9.17) is 8.85 Å². The Labute approximate surface area is 93.8 Å². The smallest absolute Gasteiger partial charge is 0.443 e. The van der Waals surface area contributed by atoms with Gasteiger partial charge >= 0.3 is 9.28 Å². The van der Waals surface area contributed by atoms with Gasteiger partial charge in [0.25, 0.3) is 0 Å². The highest BCUT2D eigenvalue weighted by molar-refractivity contribution is 6.45. The van der Waals surface area contributed by atoms with Crippen LogP contribution in [0.3, 0.4) is 0 Å². The SMILES string of the molecule is CC[SiH](OC1=CCCC1)OC1=CCCC1. The molecule has 0 aromatic carbocycles. The molecule has 2 rings (SSSR count). The van der Waals surface area contributed by atoms with Crippen molar-refractivity contribution < 1.29 is 8.85 Å². The normalized spacial score (nSPS) is 20.4. The van der Waals surface area contributed by atoms with Crippen LogP contribution in [0.5, 0.6) is 0 Å². The van der Waals surface area contributed by atoms with Crippen LogP contribution in [0.1, 0.15) is 45.4 Å². The van der Waals surface area contributed by atoms with E-state index >= 15 is 0 Å². The summed E-state index contributed by atoms with van der Waals surface area (Å²) in [7, 11) is -1.46. The first-order valence-electron chi connectivity index (χ1n) is 6.10. The fourth-order valence-corrected chi connectivity index (χ4v) is 3.51. The third-order valence-corrected chi connectivity index (χ3v) is 4.70. The average Bonchev–Trinajstić information content (AvgIpc) is 2.89. The van der Waals surface area contributed by atoms with E-state index in [1.165, 1.54) is 37.2 Å². The van der Waals surface area contributed by atoms with E-state index in [1.54, 1.807) is 0 Å². The average molecular weight is 224 g/mol. The van der Waals surface area contributed by atoms with E-state index < -0.39 is 9.28 Å². The van der Waals surface area contributed by atoms with Crippen LogP contribution in [0.15, 0.2) is 23.7 Å². The van der Waals surface area contributed by atoms with Crippen LogP contribution in [-0.4, -0.2) is 9.28 Å². The molecule has 0 aromatic heterocycles. The summed E-state index contributed by atoms with van der Waals surface area (Å²) in [6.07, 6.45) is 11.6. The van der Waals surface area contributed by atoms with E-state index in [-0.39, 0.29) is 0 Å². The van der Waals surface area contributed by atoms with Crippen LogP contribution in [-0.2, 0) is 8.85 Å². The van der Waals surface area contributed by atoms with Crippen molar-refractivity contribution in [3.8, 4) is 0 Å². The van der Waals surface area contributed by atoms with Crippen molar-refractivity contribution in [3.63, 3.8) is 0 Å². The minimum absolute atomic E-state index is 1.05. The summed E-state index contributed by atoms with van der Waals surface area (Å²) in [6, 6.07) is 1.05. The van der Waals surface area contributed by atoms with Crippen molar-refractivity contribution in [1.29, 1.82) is 0 Å². The van der Waals surface area contributed by atoms with Gasteiger partial charge in [-0.2, -0.15) is 0 Å². The molecule has 2 nitrogen and oxygen atoms in total. The predicted molar refractivity (Wildman–Crippen MR) is 63.7 cm³/mol. The number of rotatable bonds is 5. The Balaban J connectivity index is 1.81. The molecule has 0 saturated carbocycles. The molecule has 15 heavy (non-hydrogen) atoms. The molecule has 0 bridgehead atoms. The molecule has 0 heterocycles. The van der Waals surface area contributed by atoms with E-state index in [0.717, 1.165) is 18.9 Å². The molecule has 2 aliphatic carbocycles. The molecule has 0 atom stereocenters. The van der Waals surface area contributed by atoms with Gasteiger partial charge in [-0.15, -0.1) is 0 Å². The van der Waals surface area contributed by atoms with Crippen LogP contribution in [0.4, 0.5) is 0 Å². The van der Waals surface area contributed by atoms with Crippen LogP contribution >= 0.6 is 0 Å². The Bertz CT molecular complexity index is 245. The highest BCUT2D eigenvalue weighted by atomic mass is 28.3. The molecule has 0 aliphatic heterocycles. The molecule has 0 amide bonds. The lowest BCUT2D eigenvalue weighted by Crippen LogP contribution is -2.20. The molecule has 0 fully saturated rings. The van der Waals surface area contributed by atoms with Crippen molar-refractivity contribution >= 4 is 9.28 Å². The van der Waals surface area contributed by atoms with Crippen molar-refractivity contribution in [2.45, 2.75) is 51.5 Å². The summed E-state index contributed by atoms with van der Waals surface area (Å²) < 4.78 is 11.9. The van der Waals surface area contributed by atoms with Gasteiger partial charge in [0.15, 0.2) is 0 Å². The zero-order valence-electron chi connectivity index (χ0n) is 9.50. The largest absolute Gasteiger partial charge is 0.518 e. The Morgan fingerprint density at radius 1 is 1.07 bits per heavy atom. The van der Waals surface area contributed by atoms with Gasteiger partial charge in [0.2, 0.25) is 0 Å². The summed E-state index contributed by atoms with van der Waals surface area (Å²) in [6.45, 7) is 2.17. The zero-order valence-corrected chi connectivity index (χ0v) is 10.7. The summed E-state index contributed by atoms with van der Waals surface area (Å²) in [5.41, 5.74) is 0. The van der Waals surface area contributed by atoms with Gasteiger partial charge in [0.1, 0.15) is 0 Å². The molecule has 3 heteroatoms. The zero-order chi connectivity index (χ0) is 10.5. The van der Waals surface area contributed by atoms with Crippen molar-refractivity contribution in [1.82, 2.24) is 0 Å². The second-order valence-electron chi connectivity index (χ2n) is 4.20. The maximum atomic E-state index is 5.96. The number of hydrogen-bond acceptors (Lipinski definition) is 2. The Morgan fingerprint density at radius 2 is 1.60 bits per heavy atom. The van der Waals surface area contributed by atoms with Crippen molar-refractivity contribution in [3.05, 3.63) is 23.7 Å². The molecule has 0 radical (unpaired) electrons. The molecule has 0 spiro atoms. The summed E-state index contributed by atoms with van der Waals surface area (Å²) in [4.78, 5) is 0. The second kappa shape index (κ2) is 5.40. The summed E-state index contributed by atoms with van der Waals surface area (Å²) >= 11 is 0. The van der Waals surface area contributed by atoms with Gasteiger partial charge in [-0.05, 0) is 37.8 Å². The maximum Gasteiger partial charge on any atom is 0.443 e. The Morgan fingerprint density at radius 3 is 1.93 bits per heavy atom. The van der Waals surface area contributed by atoms with Gasteiger partial charge in [-0.3, -0.25) is 0 Å². The Kier molecular flexibility index (Phi) is 3.89. The highest BCUT2D eigenvalue weighted by Gasteiger charge is 2.19. The molecule has 84 valence electrons. The number of hydrogen-bond donors (Lipinski definition) is 0. The Hall–Kier alpha value is -0.703.